The molecule has 100 valence electrons. The van der Waals surface area contributed by atoms with Gasteiger partial charge in [0.2, 0.25) is 5.95 Å². The van der Waals surface area contributed by atoms with Crippen LogP contribution in [0.2, 0.25) is 0 Å². The summed E-state index contributed by atoms with van der Waals surface area (Å²) in [6.07, 6.45) is 0.899. The number of rotatable bonds is 3. The summed E-state index contributed by atoms with van der Waals surface area (Å²) in [5.41, 5.74) is 9.51. The normalized spacial score (nSPS) is 12.4. The van der Waals surface area contributed by atoms with Crippen LogP contribution in [0.4, 0.5) is 5.95 Å². The topological polar surface area (TPSA) is 67.6 Å². The van der Waals surface area contributed by atoms with Crippen molar-refractivity contribution in [3.63, 3.8) is 0 Å². The number of anilines is 1. The summed E-state index contributed by atoms with van der Waals surface area (Å²) in [7, 11) is 0. The van der Waals surface area contributed by atoms with Crippen molar-refractivity contribution in [2.45, 2.75) is 19.4 Å². The Morgan fingerprint density at radius 1 is 1.45 bits per heavy atom. The first-order chi connectivity index (χ1) is 9.70. The molecule has 0 aliphatic heterocycles. The molecule has 1 unspecified atom stereocenters. The van der Waals surface area contributed by atoms with E-state index in [-0.39, 0.29) is 6.04 Å². The summed E-state index contributed by atoms with van der Waals surface area (Å²) < 4.78 is 2.01. The SMILES string of the molecule is CC(Cc1ccsc1)n1c(N)nc2c(C#N)cccc21. The van der Waals surface area contributed by atoms with Crippen LogP contribution in [0.3, 0.4) is 0 Å². The number of nitrogens with zero attached hydrogens (tertiary/aromatic N) is 3. The molecular formula is C15H14N4S. The number of nitriles is 1. The summed E-state index contributed by atoms with van der Waals surface area (Å²) >= 11 is 1.69. The summed E-state index contributed by atoms with van der Waals surface area (Å²) in [6.45, 7) is 2.12. The number of thiophene rings is 1. The Labute approximate surface area is 121 Å². The Hall–Kier alpha value is -2.32. The second-order valence-corrected chi connectivity index (χ2v) is 5.59. The van der Waals surface area contributed by atoms with Gasteiger partial charge in [0.15, 0.2) is 0 Å². The number of hydrogen-bond acceptors (Lipinski definition) is 4. The molecule has 0 bridgehead atoms. The van der Waals surface area contributed by atoms with Gasteiger partial charge in [-0.05, 0) is 47.9 Å². The van der Waals surface area contributed by atoms with Crippen molar-refractivity contribution < 1.29 is 0 Å². The quantitative estimate of drug-likeness (QED) is 0.801. The molecule has 2 aromatic heterocycles. The van der Waals surface area contributed by atoms with Crippen LogP contribution in [-0.2, 0) is 6.42 Å². The van der Waals surface area contributed by atoms with Gasteiger partial charge in [-0.3, -0.25) is 0 Å². The van der Waals surface area contributed by atoms with Crippen LogP contribution >= 0.6 is 11.3 Å². The minimum atomic E-state index is 0.198. The second-order valence-electron chi connectivity index (χ2n) is 4.81. The summed E-state index contributed by atoms with van der Waals surface area (Å²) in [5.74, 6) is 0.463. The predicted octanol–water partition coefficient (Wildman–Crippen LogP) is 3.36. The van der Waals surface area contributed by atoms with Crippen LogP contribution in [0, 0.1) is 11.3 Å². The lowest BCUT2D eigenvalue weighted by atomic mass is 10.1. The molecule has 2 N–H and O–H groups in total. The van der Waals surface area contributed by atoms with Crippen molar-refractivity contribution in [1.82, 2.24) is 9.55 Å². The fraction of sp³-hybridized carbons (Fsp3) is 0.200. The van der Waals surface area contributed by atoms with E-state index in [1.54, 1.807) is 17.4 Å². The van der Waals surface area contributed by atoms with E-state index in [0.717, 1.165) is 11.9 Å². The molecule has 0 fully saturated rings. The van der Waals surface area contributed by atoms with Crippen LogP contribution in [-0.4, -0.2) is 9.55 Å². The molecule has 2 heterocycles. The highest BCUT2D eigenvalue weighted by atomic mass is 32.1. The molecule has 0 amide bonds. The predicted molar refractivity (Wildman–Crippen MR) is 81.6 cm³/mol. The fourth-order valence-electron chi connectivity index (χ4n) is 2.53. The van der Waals surface area contributed by atoms with Gasteiger partial charge in [0.25, 0.3) is 0 Å². The van der Waals surface area contributed by atoms with Crippen molar-refractivity contribution in [2.24, 2.45) is 0 Å². The maximum absolute atomic E-state index is 9.14. The zero-order chi connectivity index (χ0) is 14.1. The third-order valence-electron chi connectivity index (χ3n) is 3.42. The second kappa shape index (κ2) is 4.99. The Morgan fingerprint density at radius 3 is 3.00 bits per heavy atom. The lowest BCUT2D eigenvalue weighted by Crippen LogP contribution is -2.11. The van der Waals surface area contributed by atoms with Gasteiger partial charge in [-0.25, -0.2) is 4.98 Å². The van der Waals surface area contributed by atoms with Crippen molar-refractivity contribution >= 4 is 28.3 Å². The van der Waals surface area contributed by atoms with Crippen LogP contribution < -0.4 is 5.73 Å². The first kappa shape index (κ1) is 12.7. The number of imidazole rings is 1. The van der Waals surface area contributed by atoms with Crippen LogP contribution in [0.1, 0.15) is 24.1 Å². The third kappa shape index (κ3) is 2.04. The first-order valence-corrected chi connectivity index (χ1v) is 7.32. The van der Waals surface area contributed by atoms with Crippen molar-refractivity contribution in [1.29, 1.82) is 5.26 Å². The summed E-state index contributed by atoms with van der Waals surface area (Å²) in [5, 5.41) is 13.4. The van der Waals surface area contributed by atoms with Gasteiger partial charge in [-0.15, -0.1) is 0 Å². The smallest absolute Gasteiger partial charge is 0.201 e. The molecule has 1 aromatic carbocycles. The van der Waals surface area contributed by atoms with Crippen molar-refractivity contribution in [2.75, 3.05) is 5.73 Å². The van der Waals surface area contributed by atoms with E-state index in [1.807, 2.05) is 16.7 Å². The highest BCUT2D eigenvalue weighted by Gasteiger charge is 2.16. The van der Waals surface area contributed by atoms with E-state index in [1.165, 1.54) is 5.56 Å². The van der Waals surface area contributed by atoms with Gasteiger partial charge in [-0.2, -0.15) is 16.6 Å². The average molecular weight is 282 g/mol. The third-order valence-corrected chi connectivity index (χ3v) is 4.15. The Morgan fingerprint density at radius 2 is 2.30 bits per heavy atom. The molecule has 0 aliphatic rings. The van der Waals surface area contributed by atoms with Crippen LogP contribution in [0.25, 0.3) is 11.0 Å². The molecule has 5 heteroatoms. The standard InChI is InChI=1S/C15H14N4S/c1-10(7-11-5-6-20-9-11)19-13-4-2-3-12(8-16)14(13)18-15(19)17/h2-6,9-10H,7H2,1H3,(H2,17,18). The van der Waals surface area contributed by atoms with E-state index in [2.05, 4.69) is 34.8 Å². The highest BCUT2D eigenvalue weighted by Crippen LogP contribution is 2.27. The molecule has 1 atom stereocenters. The summed E-state index contributed by atoms with van der Waals surface area (Å²) in [4.78, 5) is 4.36. The highest BCUT2D eigenvalue weighted by molar-refractivity contribution is 7.07. The molecule has 0 saturated heterocycles. The van der Waals surface area contributed by atoms with E-state index < -0.39 is 0 Å². The van der Waals surface area contributed by atoms with Crippen LogP contribution in [0.5, 0.6) is 0 Å². The van der Waals surface area contributed by atoms with Crippen LogP contribution in [0.15, 0.2) is 35.0 Å². The van der Waals surface area contributed by atoms with Gasteiger partial charge in [-0.1, -0.05) is 6.07 Å². The van der Waals surface area contributed by atoms with Gasteiger partial charge < -0.3 is 10.3 Å². The Kier molecular flexibility index (Phi) is 3.17. The van der Waals surface area contributed by atoms with E-state index in [0.29, 0.717) is 17.0 Å². The fourth-order valence-corrected chi connectivity index (χ4v) is 3.21. The molecule has 0 radical (unpaired) electrons. The Bertz CT molecular complexity index is 780. The number of fused-ring (bicyclic) bond motifs is 1. The molecule has 3 aromatic rings. The maximum Gasteiger partial charge on any atom is 0.201 e. The molecule has 4 nitrogen and oxygen atoms in total. The maximum atomic E-state index is 9.14. The van der Waals surface area contributed by atoms with Gasteiger partial charge in [0, 0.05) is 6.04 Å². The lowest BCUT2D eigenvalue weighted by molar-refractivity contribution is 0.567. The molecular weight excluding hydrogens is 268 g/mol. The summed E-state index contributed by atoms with van der Waals surface area (Å²) in [6, 6.07) is 10.1. The molecule has 3 rings (SSSR count). The molecule has 0 aliphatic carbocycles. The molecule has 0 spiro atoms. The Balaban J connectivity index is 2.07. The largest absolute Gasteiger partial charge is 0.369 e. The average Bonchev–Trinajstić information content (AvgIpc) is 3.04. The van der Waals surface area contributed by atoms with Crippen molar-refractivity contribution in [3.8, 4) is 6.07 Å². The minimum Gasteiger partial charge on any atom is -0.369 e. The number of hydrogen-bond donors (Lipinski definition) is 1. The number of benzene rings is 1. The van der Waals surface area contributed by atoms with Gasteiger partial charge >= 0.3 is 0 Å². The number of aromatic nitrogens is 2. The van der Waals surface area contributed by atoms with Gasteiger partial charge in [0.05, 0.1) is 11.1 Å². The number of nitrogens with two attached hydrogens (primary N) is 1. The number of nitrogen functional groups attached to an aromatic ring is 1. The lowest BCUT2D eigenvalue weighted by Gasteiger charge is -2.15. The zero-order valence-electron chi connectivity index (χ0n) is 11.1. The minimum absolute atomic E-state index is 0.198. The molecule has 0 saturated carbocycles. The molecule has 20 heavy (non-hydrogen) atoms. The van der Waals surface area contributed by atoms with E-state index >= 15 is 0 Å². The first-order valence-electron chi connectivity index (χ1n) is 6.38. The van der Waals surface area contributed by atoms with Gasteiger partial charge in [0.1, 0.15) is 11.6 Å². The van der Waals surface area contributed by atoms with E-state index in [9.17, 15) is 0 Å². The number of para-hydroxylation sites is 1. The zero-order valence-corrected chi connectivity index (χ0v) is 11.9. The van der Waals surface area contributed by atoms with E-state index in [4.69, 9.17) is 11.0 Å². The van der Waals surface area contributed by atoms with Crippen molar-refractivity contribution in [3.05, 3.63) is 46.2 Å². The monoisotopic (exact) mass is 282 g/mol.